The van der Waals surface area contributed by atoms with Crippen LogP contribution in [0.5, 0.6) is 0 Å². The minimum Gasteiger partial charge on any atom is -0.284 e. The van der Waals surface area contributed by atoms with Gasteiger partial charge in [0.2, 0.25) is 0 Å². The molecular formula is C10H10N2O3S. The highest BCUT2D eigenvalue weighted by atomic mass is 32.2. The molecule has 0 radical (unpaired) electrons. The third-order valence-corrected chi connectivity index (χ3v) is 3.15. The Balaban J connectivity index is 2.68. The molecule has 0 aliphatic heterocycles. The Morgan fingerprint density at radius 2 is 2.00 bits per heavy atom. The average Bonchev–Trinajstić information content (AvgIpc) is 2.66. The fourth-order valence-electron chi connectivity index (χ4n) is 1.51. The van der Waals surface area contributed by atoms with Gasteiger partial charge in [-0.3, -0.25) is 9.65 Å². The Bertz CT molecular complexity index is 616. The first-order valence-electron chi connectivity index (χ1n) is 4.57. The van der Waals surface area contributed by atoms with Crippen LogP contribution in [0.25, 0.3) is 11.3 Å². The number of aromatic nitrogens is 2. The van der Waals surface area contributed by atoms with E-state index in [-0.39, 0.29) is 10.6 Å². The molecule has 2 rings (SSSR count). The Labute approximate surface area is 92.9 Å². The summed E-state index contributed by atoms with van der Waals surface area (Å²) in [6.07, 6.45) is 1.16. The van der Waals surface area contributed by atoms with Gasteiger partial charge < -0.3 is 0 Å². The summed E-state index contributed by atoms with van der Waals surface area (Å²) in [6, 6.07) is 7.22. The van der Waals surface area contributed by atoms with E-state index in [9.17, 15) is 8.42 Å². The van der Waals surface area contributed by atoms with Crippen LogP contribution in [0.3, 0.4) is 0 Å². The minimum absolute atomic E-state index is 0.207. The molecule has 0 spiro atoms. The molecule has 16 heavy (non-hydrogen) atoms. The normalized spacial score (nSPS) is 11.6. The molecule has 0 aliphatic rings. The highest BCUT2D eigenvalue weighted by Gasteiger charge is 2.20. The maximum absolute atomic E-state index is 11.1. The summed E-state index contributed by atoms with van der Waals surface area (Å²) in [6.45, 7) is 1.85. The average molecular weight is 238 g/mol. The van der Waals surface area contributed by atoms with Gasteiger partial charge in [0.15, 0.2) is 0 Å². The Kier molecular flexibility index (Phi) is 2.53. The monoisotopic (exact) mass is 238 g/mol. The maximum atomic E-state index is 11.1. The van der Waals surface area contributed by atoms with Crippen LogP contribution < -0.4 is 0 Å². The summed E-state index contributed by atoms with van der Waals surface area (Å²) in [5.41, 5.74) is 1.80. The summed E-state index contributed by atoms with van der Waals surface area (Å²) >= 11 is 0. The van der Waals surface area contributed by atoms with Crippen molar-refractivity contribution in [2.75, 3.05) is 0 Å². The van der Waals surface area contributed by atoms with E-state index < -0.39 is 10.1 Å². The van der Waals surface area contributed by atoms with Crippen molar-refractivity contribution in [3.63, 3.8) is 0 Å². The van der Waals surface area contributed by atoms with Crippen molar-refractivity contribution in [3.05, 3.63) is 36.0 Å². The van der Waals surface area contributed by atoms with E-state index in [1.54, 1.807) is 12.1 Å². The van der Waals surface area contributed by atoms with Gasteiger partial charge in [-0.2, -0.15) is 13.5 Å². The lowest BCUT2D eigenvalue weighted by Gasteiger charge is -2.03. The molecule has 1 heterocycles. The van der Waals surface area contributed by atoms with Gasteiger partial charge in [-0.05, 0) is 12.5 Å². The first kappa shape index (κ1) is 10.8. The number of aryl methyl sites for hydroxylation is 1. The van der Waals surface area contributed by atoms with Crippen LogP contribution in [-0.4, -0.2) is 23.2 Å². The second-order valence-electron chi connectivity index (χ2n) is 3.39. The topological polar surface area (TPSA) is 83.0 Å². The van der Waals surface area contributed by atoms with Crippen LogP contribution >= 0.6 is 0 Å². The predicted octanol–water partition coefficient (Wildman–Crippen LogP) is 1.63. The SMILES string of the molecule is Cc1ccccc1-c1n[nH]cc1S(=O)(=O)O. The Morgan fingerprint density at radius 3 is 2.62 bits per heavy atom. The standard InChI is InChI=1S/C10H10N2O3S/c1-7-4-2-3-5-8(7)10-9(6-11-12-10)16(13,14)15/h2-6H,1H3,(H,11,12)(H,13,14,15). The molecule has 0 saturated heterocycles. The second-order valence-corrected chi connectivity index (χ2v) is 4.78. The zero-order valence-corrected chi connectivity index (χ0v) is 9.32. The lowest BCUT2D eigenvalue weighted by Crippen LogP contribution is -1.99. The molecule has 1 aromatic carbocycles. The van der Waals surface area contributed by atoms with Crippen molar-refractivity contribution < 1.29 is 13.0 Å². The molecule has 6 heteroatoms. The first-order chi connectivity index (χ1) is 7.50. The Morgan fingerprint density at radius 1 is 1.31 bits per heavy atom. The molecule has 0 amide bonds. The second kappa shape index (κ2) is 3.73. The van der Waals surface area contributed by atoms with Gasteiger partial charge in [0.25, 0.3) is 10.1 Å². The Hall–Kier alpha value is -1.66. The van der Waals surface area contributed by atoms with E-state index in [0.29, 0.717) is 5.56 Å². The van der Waals surface area contributed by atoms with Crippen molar-refractivity contribution in [1.82, 2.24) is 10.2 Å². The highest BCUT2D eigenvalue weighted by Crippen LogP contribution is 2.26. The number of nitrogens with one attached hydrogen (secondary N) is 1. The van der Waals surface area contributed by atoms with Crippen LogP contribution in [0.15, 0.2) is 35.4 Å². The van der Waals surface area contributed by atoms with Gasteiger partial charge in [0.1, 0.15) is 10.6 Å². The molecule has 2 aromatic rings. The minimum atomic E-state index is -4.25. The number of hydrogen-bond acceptors (Lipinski definition) is 3. The molecule has 0 atom stereocenters. The molecule has 5 nitrogen and oxygen atoms in total. The van der Waals surface area contributed by atoms with E-state index in [0.717, 1.165) is 11.8 Å². The highest BCUT2D eigenvalue weighted by molar-refractivity contribution is 7.86. The number of benzene rings is 1. The molecule has 1 aromatic heterocycles. The molecule has 0 unspecified atom stereocenters. The van der Waals surface area contributed by atoms with Crippen molar-refractivity contribution in [1.29, 1.82) is 0 Å². The molecule has 0 aliphatic carbocycles. The molecule has 0 bridgehead atoms. The number of H-pyrrole nitrogens is 1. The summed E-state index contributed by atoms with van der Waals surface area (Å²) in [7, 11) is -4.25. The van der Waals surface area contributed by atoms with E-state index in [4.69, 9.17) is 4.55 Å². The van der Waals surface area contributed by atoms with Crippen LogP contribution in [0, 0.1) is 6.92 Å². The van der Waals surface area contributed by atoms with Crippen molar-refractivity contribution in [2.24, 2.45) is 0 Å². The van der Waals surface area contributed by atoms with Crippen molar-refractivity contribution in [2.45, 2.75) is 11.8 Å². The van der Waals surface area contributed by atoms with Gasteiger partial charge in [-0.15, -0.1) is 0 Å². The van der Waals surface area contributed by atoms with E-state index in [1.807, 2.05) is 19.1 Å². The first-order valence-corrected chi connectivity index (χ1v) is 6.01. The van der Waals surface area contributed by atoms with Crippen LogP contribution in [0.2, 0.25) is 0 Å². The fourth-order valence-corrected chi connectivity index (χ4v) is 2.11. The zero-order valence-electron chi connectivity index (χ0n) is 8.51. The van der Waals surface area contributed by atoms with Crippen LogP contribution in [0.4, 0.5) is 0 Å². The summed E-state index contributed by atoms with van der Waals surface area (Å²) in [4.78, 5) is -0.207. The zero-order chi connectivity index (χ0) is 11.8. The maximum Gasteiger partial charge on any atom is 0.298 e. The van der Waals surface area contributed by atoms with E-state index in [2.05, 4.69) is 10.2 Å². The molecule has 84 valence electrons. The van der Waals surface area contributed by atoms with Gasteiger partial charge in [-0.25, -0.2) is 0 Å². The predicted molar refractivity (Wildman–Crippen MR) is 58.6 cm³/mol. The lowest BCUT2D eigenvalue weighted by molar-refractivity contribution is 0.483. The molecule has 2 N–H and O–H groups in total. The van der Waals surface area contributed by atoms with Crippen molar-refractivity contribution >= 4 is 10.1 Å². The van der Waals surface area contributed by atoms with Gasteiger partial charge >= 0.3 is 0 Å². The fraction of sp³-hybridized carbons (Fsp3) is 0.100. The summed E-state index contributed by atoms with van der Waals surface area (Å²) in [5, 5.41) is 6.29. The summed E-state index contributed by atoms with van der Waals surface area (Å²) < 4.78 is 31.2. The third kappa shape index (κ3) is 1.84. The van der Waals surface area contributed by atoms with Crippen LogP contribution in [0.1, 0.15) is 5.56 Å². The van der Waals surface area contributed by atoms with Crippen LogP contribution in [-0.2, 0) is 10.1 Å². The number of hydrogen-bond donors (Lipinski definition) is 2. The van der Waals surface area contributed by atoms with E-state index >= 15 is 0 Å². The van der Waals surface area contributed by atoms with Gasteiger partial charge in [0, 0.05) is 11.8 Å². The van der Waals surface area contributed by atoms with Gasteiger partial charge in [-0.1, -0.05) is 24.3 Å². The smallest absolute Gasteiger partial charge is 0.284 e. The number of aromatic amines is 1. The number of nitrogens with zero attached hydrogens (tertiary/aromatic N) is 1. The molecular weight excluding hydrogens is 228 g/mol. The number of rotatable bonds is 2. The van der Waals surface area contributed by atoms with Crippen molar-refractivity contribution in [3.8, 4) is 11.3 Å². The quantitative estimate of drug-likeness (QED) is 0.779. The lowest BCUT2D eigenvalue weighted by atomic mass is 10.1. The molecule has 0 saturated carbocycles. The largest absolute Gasteiger partial charge is 0.298 e. The molecule has 0 fully saturated rings. The third-order valence-electron chi connectivity index (χ3n) is 2.28. The van der Waals surface area contributed by atoms with E-state index in [1.165, 1.54) is 0 Å². The summed E-state index contributed by atoms with van der Waals surface area (Å²) in [5.74, 6) is 0. The van der Waals surface area contributed by atoms with Gasteiger partial charge in [0.05, 0.1) is 0 Å².